The van der Waals surface area contributed by atoms with E-state index in [1.54, 1.807) is 0 Å². The number of benzene rings is 2. The molecule has 1 aliphatic heterocycles. The number of rotatable bonds is 6. The number of anilines is 1. The molecule has 3 rings (SSSR count). The van der Waals surface area contributed by atoms with Crippen molar-refractivity contribution >= 4 is 5.69 Å². The van der Waals surface area contributed by atoms with Gasteiger partial charge in [-0.05, 0) is 36.5 Å². The third kappa shape index (κ3) is 5.76. The maximum Gasteiger partial charge on any atom is 0.134 e. The Kier molecular flexibility index (Phi) is 7.23. The number of ether oxygens (including phenoxy) is 1. The highest BCUT2D eigenvalue weighted by Crippen LogP contribution is 2.38. The zero-order valence-electron chi connectivity index (χ0n) is 18.9. The van der Waals surface area contributed by atoms with Gasteiger partial charge in [0.05, 0.1) is 0 Å². The Morgan fingerprint density at radius 2 is 1.55 bits per heavy atom. The smallest absolute Gasteiger partial charge is 0.134 e. The van der Waals surface area contributed by atoms with E-state index in [2.05, 4.69) is 87.3 Å². The standard InChI is InChI=1S/C26H38N2O/c1-20(2)27-19-21-23(28-17-10-6-7-11-18-28)14-12-16-24(21)29-25-15-9-8-13-22(25)26(3,4)5/h8-9,12-16,20,27H,6-7,10-11,17-19H2,1-5H3. The summed E-state index contributed by atoms with van der Waals surface area (Å²) in [5.74, 6) is 1.93. The predicted octanol–water partition coefficient (Wildman–Crippen LogP) is 6.65. The molecule has 29 heavy (non-hydrogen) atoms. The van der Waals surface area contributed by atoms with E-state index in [9.17, 15) is 0 Å². The van der Waals surface area contributed by atoms with Gasteiger partial charge in [-0.1, -0.05) is 71.7 Å². The Balaban J connectivity index is 1.99. The fourth-order valence-corrected chi connectivity index (χ4v) is 4.04. The molecule has 1 N–H and O–H groups in total. The molecule has 0 atom stereocenters. The summed E-state index contributed by atoms with van der Waals surface area (Å²) in [4.78, 5) is 2.56. The van der Waals surface area contributed by atoms with Gasteiger partial charge in [0.25, 0.3) is 0 Å². The van der Waals surface area contributed by atoms with Crippen LogP contribution in [0.1, 0.15) is 71.4 Å². The van der Waals surface area contributed by atoms with E-state index < -0.39 is 0 Å². The van der Waals surface area contributed by atoms with Crippen LogP contribution in [0.15, 0.2) is 42.5 Å². The Morgan fingerprint density at radius 1 is 0.897 bits per heavy atom. The minimum atomic E-state index is 0.0370. The third-order valence-corrected chi connectivity index (χ3v) is 5.66. The summed E-state index contributed by atoms with van der Waals surface area (Å²) >= 11 is 0. The van der Waals surface area contributed by atoms with E-state index in [1.165, 1.54) is 42.5 Å². The molecule has 0 spiro atoms. The number of hydrogen-bond donors (Lipinski definition) is 1. The summed E-state index contributed by atoms with van der Waals surface area (Å²) in [7, 11) is 0. The largest absolute Gasteiger partial charge is 0.457 e. The van der Waals surface area contributed by atoms with Gasteiger partial charge in [0, 0.05) is 42.5 Å². The van der Waals surface area contributed by atoms with Crippen LogP contribution in [-0.4, -0.2) is 19.1 Å². The molecule has 158 valence electrons. The molecule has 0 bridgehead atoms. The lowest BCUT2D eigenvalue weighted by Crippen LogP contribution is -2.28. The van der Waals surface area contributed by atoms with Crippen LogP contribution in [0.5, 0.6) is 11.5 Å². The summed E-state index contributed by atoms with van der Waals surface area (Å²) in [6.45, 7) is 14.2. The van der Waals surface area contributed by atoms with Crippen molar-refractivity contribution in [3.8, 4) is 11.5 Å². The Hall–Kier alpha value is -2.00. The van der Waals surface area contributed by atoms with Gasteiger partial charge in [0.2, 0.25) is 0 Å². The van der Waals surface area contributed by atoms with Gasteiger partial charge in [-0.2, -0.15) is 0 Å². The normalized spacial score (nSPS) is 15.4. The minimum Gasteiger partial charge on any atom is -0.457 e. The van der Waals surface area contributed by atoms with Crippen molar-refractivity contribution < 1.29 is 4.74 Å². The van der Waals surface area contributed by atoms with Crippen LogP contribution in [-0.2, 0) is 12.0 Å². The van der Waals surface area contributed by atoms with Crippen LogP contribution in [0.4, 0.5) is 5.69 Å². The number of nitrogens with one attached hydrogen (secondary N) is 1. The van der Waals surface area contributed by atoms with Crippen LogP contribution < -0.4 is 15.0 Å². The van der Waals surface area contributed by atoms with Crippen molar-refractivity contribution in [3.05, 3.63) is 53.6 Å². The number of nitrogens with zero attached hydrogens (tertiary/aromatic N) is 1. The Bertz CT molecular complexity index is 784. The van der Waals surface area contributed by atoms with Gasteiger partial charge >= 0.3 is 0 Å². The quantitative estimate of drug-likeness (QED) is 0.593. The highest BCUT2D eigenvalue weighted by molar-refractivity contribution is 5.60. The molecule has 0 aliphatic carbocycles. The van der Waals surface area contributed by atoms with Crippen molar-refractivity contribution in [2.24, 2.45) is 0 Å². The summed E-state index contributed by atoms with van der Waals surface area (Å²) in [5, 5.41) is 3.62. The first-order valence-corrected chi connectivity index (χ1v) is 11.2. The average Bonchev–Trinajstić information content (AvgIpc) is 2.95. The first-order valence-electron chi connectivity index (χ1n) is 11.2. The zero-order chi connectivity index (χ0) is 20.9. The second-order valence-electron chi connectivity index (χ2n) is 9.54. The second-order valence-corrected chi connectivity index (χ2v) is 9.54. The molecule has 0 amide bonds. The van der Waals surface area contributed by atoms with Gasteiger partial charge < -0.3 is 15.0 Å². The molecule has 0 saturated carbocycles. The van der Waals surface area contributed by atoms with Crippen LogP contribution in [0.3, 0.4) is 0 Å². The van der Waals surface area contributed by atoms with Gasteiger partial charge in [-0.25, -0.2) is 0 Å². The molecular weight excluding hydrogens is 356 g/mol. The molecule has 2 aromatic carbocycles. The van der Waals surface area contributed by atoms with Crippen molar-refractivity contribution in [2.75, 3.05) is 18.0 Å². The molecule has 2 aromatic rings. The van der Waals surface area contributed by atoms with Gasteiger partial charge in [0.1, 0.15) is 11.5 Å². The Morgan fingerprint density at radius 3 is 2.21 bits per heavy atom. The van der Waals surface area contributed by atoms with Gasteiger partial charge in [-0.15, -0.1) is 0 Å². The van der Waals surface area contributed by atoms with Crippen LogP contribution in [0.2, 0.25) is 0 Å². The summed E-state index contributed by atoms with van der Waals surface area (Å²) in [6.07, 6.45) is 5.22. The van der Waals surface area contributed by atoms with E-state index in [-0.39, 0.29) is 5.41 Å². The summed E-state index contributed by atoms with van der Waals surface area (Å²) < 4.78 is 6.60. The lowest BCUT2D eigenvalue weighted by Gasteiger charge is -2.28. The van der Waals surface area contributed by atoms with Crippen LogP contribution in [0.25, 0.3) is 0 Å². The molecule has 3 nitrogen and oxygen atoms in total. The maximum absolute atomic E-state index is 6.60. The summed E-state index contributed by atoms with van der Waals surface area (Å²) in [6, 6.07) is 15.4. The fraction of sp³-hybridized carbons (Fsp3) is 0.538. The molecule has 1 saturated heterocycles. The van der Waals surface area contributed by atoms with E-state index >= 15 is 0 Å². The third-order valence-electron chi connectivity index (χ3n) is 5.66. The lowest BCUT2D eigenvalue weighted by molar-refractivity contribution is 0.446. The molecule has 0 aromatic heterocycles. The van der Waals surface area contributed by atoms with Gasteiger partial charge in [0.15, 0.2) is 0 Å². The lowest BCUT2D eigenvalue weighted by atomic mass is 9.86. The highest BCUT2D eigenvalue weighted by atomic mass is 16.5. The molecule has 0 unspecified atom stereocenters. The minimum absolute atomic E-state index is 0.0370. The highest BCUT2D eigenvalue weighted by Gasteiger charge is 2.21. The zero-order valence-corrected chi connectivity index (χ0v) is 18.9. The van der Waals surface area contributed by atoms with Crippen molar-refractivity contribution in [3.63, 3.8) is 0 Å². The van der Waals surface area contributed by atoms with Crippen molar-refractivity contribution in [1.29, 1.82) is 0 Å². The first kappa shape index (κ1) is 21.7. The number of hydrogen-bond acceptors (Lipinski definition) is 3. The average molecular weight is 395 g/mol. The molecule has 3 heteroatoms. The molecular formula is C26H38N2O. The summed E-state index contributed by atoms with van der Waals surface area (Å²) in [5.41, 5.74) is 3.87. The van der Waals surface area contributed by atoms with Crippen molar-refractivity contribution in [2.45, 2.75) is 78.3 Å². The van der Waals surface area contributed by atoms with Crippen LogP contribution >= 0.6 is 0 Å². The molecule has 1 fully saturated rings. The number of para-hydroxylation sites is 1. The van der Waals surface area contributed by atoms with Crippen molar-refractivity contribution in [1.82, 2.24) is 5.32 Å². The fourth-order valence-electron chi connectivity index (χ4n) is 4.04. The first-order chi connectivity index (χ1) is 13.9. The van der Waals surface area contributed by atoms with Gasteiger partial charge in [-0.3, -0.25) is 0 Å². The van der Waals surface area contributed by atoms with E-state index in [1.807, 2.05) is 0 Å². The Labute approximate surface area is 177 Å². The van der Waals surface area contributed by atoms with E-state index in [4.69, 9.17) is 4.74 Å². The second kappa shape index (κ2) is 9.67. The molecule has 1 heterocycles. The topological polar surface area (TPSA) is 24.5 Å². The van der Waals surface area contributed by atoms with Crippen LogP contribution in [0, 0.1) is 0 Å². The predicted molar refractivity (Wildman–Crippen MR) is 124 cm³/mol. The molecule has 0 radical (unpaired) electrons. The maximum atomic E-state index is 6.60. The van der Waals surface area contributed by atoms with E-state index in [0.717, 1.165) is 31.1 Å². The van der Waals surface area contributed by atoms with E-state index in [0.29, 0.717) is 6.04 Å². The monoisotopic (exact) mass is 394 g/mol. The SMILES string of the molecule is CC(C)NCc1c(Oc2ccccc2C(C)(C)C)cccc1N1CCCCCC1. The molecule has 1 aliphatic rings.